The molecule has 0 bridgehead atoms. The number of carbonyl (C=O) groups is 1. The van der Waals surface area contributed by atoms with E-state index in [2.05, 4.69) is 42.4 Å². The highest BCUT2D eigenvalue weighted by molar-refractivity contribution is 9.10. The number of fused-ring (bicyclic) bond motifs is 1. The van der Waals surface area contributed by atoms with Gasteiger partial charge in [-0.25, -0.2) is 0 Å². The van der Waals surface area contributed by atoms with Gasteiger partial charge in [-0.2, -0.15) is 5.10 Å². The average molecular weight is 480 g/mol. The lowest BCUT2D eigenvalue weighted by atomic mass is 10.0. The first kappa shape index (κ1) is 19.4. The number of nitrogens with one attached hydrogen (secondary N) is 1. The molecule has 144 valence electrons. The fourth-order valence-electron chi connectivity index (χ4n) is 3.45. The standard InChI is InChI=1S/C20H17BrCl2N4O/c21-13-5-4-12-11-24-26-19(16(12)10-13)27-8-6-14(7-9-27)25-20(28)15-2-1-3-17(22)18(15)23/h1-5,10-11,14H,6-9H2,(H,25,28). The second-order valence-electron chi connectivity index (χ2n) is 6.74. The van der Waals surface area contributed by atoms with E-state index in [1.165, 1.54) is 0 Å². The van der Waals surface area contributed by atoms with Gasteiger partial charge in [0.25, 0.3) is 5.91 Å². The Morgan fingerprint density at radius 3 is 2.75 bits per heavy atom. The number of hydrogen-bond acceptors (Lipinski definition) is 4. The fourth-order valence-corrected chi connectivity index (χ4v) is 4.19. The largest absolute Gasteiger partial charge is 0.354 e. The molecular weight excluding hydrogens is 463 g/mol. The molecule has 0 atom stereocenters. The Hall–Kier alpha value is -1.89. The predicted octanol–water partition coefficient (Wildman–Crippen LogP) is 5.10. The molecule has 4 rings (SSSR count). The number of anilines is 1. The minimum absolute atomic E-state index is 0.0773. The first-order valence-electron chi connectivity index (χ1n) is 8.93. The van der Waals surface area contributed by atoms with Crippen molar-refractivity contribution in [2.75, 3.05) is 18.0 Å². The molecule has 1 saturated heterocycles. The van der Waals surface area contributed by atoms with E-state index >= 15 is 0 Å². The van der Waals surface area contributed by atoms with Crippen molar-refractivity contribution < 1.29 is 4.79 Å². The molecule has 0 saturated carbocycles. The average Bonchev–Trinajstić information content (AvgIpc) is 2.70. The molecule has 2 aromatic carbocycles. The molecule has 1 fully saturated rings. The third-order valence-electron chi connectivity index (χ3n) is 4.93. The third-order valence-corrected chi connectivity index (χ3v) is 6.24. The van der Waals surface area contributed by atoms with Crippen LogP contribution in [0.3, 0.4) is 0 Å². The van der Waals surface area contributed by atoms with E-state index in [1.54, 1.807) is 24.4 Å². The molecule has 0 aliphatic carbocycles. The van der Waals surface area contributed by atoms with E-state index in [0.29, 0.717) is 10.6 Å². The van der Waals surface area contributed by atoms with E-state index in [-0.39, 0.29) is 17.0 Å². The number of nitrogens with zero attached hydrogens (tertiary/aromatic N) is 3. The van der Waals surface area contributed by atoms with Crippen LogP contribution in [0.5, 0.6) is 0 Å². The molecular formula is C20H17BrCl2N4O. The maximum atomic E-state index is 12.6. The highest BCUT2D eigenvalue weighted by atomic mass is 79.9. The Kier molecular flexibility index (Phi) is 5.71. The Morgan fingerprint density at radius 2 is 1.96 bits per heavy atom. The fraction of sp³-hybridized carbons (Fsp3) is 0.250. The Labute approximate surface area is 181 Å². The topological polar surface area (TPSA) is 58.1 Å². The maximum absolute atomic E-state index is 12.6. The summed E-state index contributed by atoms with van der Waals surface area (Å²) in [7, 11) is 0. The molecule has 0 spiro atoms. The predicted molar refractivity (Wildman–Crippen MR) is 116 cm³/mol. The summed E-state index contributed by atoms with van der Waals surface area (Å²) in [6.45, 7) is 1.57. The normalized spacial score (nSPS) is 15.0. The second-order valence-corrected chi connectivity index (χ2v) is 8.44. The van der Waals surface area contributed by atoms with Crippen LogP contribution in [0.4, 0.5) is 5.82 Å². The van der Waals surface area contributed by atoms with Crippen LogP contribution in [0.2, 0.25) is 10.0 Å². The summed E-state index contributed by atoms with van der Waals surface area (Å²) in [6.07, 6.45) is 3.40. The minimum Gasteiger partial charge on any atom is -0.354 e. The first-order valence-corrected chi connectivity index (χ1v) is 10.5. The molecule has 1 N–H and O–H groups in total. The van der Waals surface area contributed by atoms with E-state index in [0.717, 1.165) is 47.0 Å². The lowest BCUT2D eigenvalue weighted by Gasteiger charge is -2.33. The molecule has 1 aromatic heterocycles. The summed E-state index contributed by atoms with van der Waals surface area (Å²) in [6, 6.07) is 11.2. The van der Waals surface area contributed by atoms with Crippen molar-refractivity contribution in [3.63, 3.8) is 0 Å². The van der Waals surface area contributed by atoms with Crippen LogP contribution in [-0.2, 0) is 0 Å². The van der Waals surface area contributed by atoms with Gasteiger partial charge in [-0.15, -0.1) is 5.10 Å². The van der Waals surface area contributed by atoms with Gasteiger partial charge in [0, 0.05) is 34.4 Å². The van der Waals surface area contributed by atoms with Crippen molar-refractivity contribution in [2.45, 2.75) is 18.9 Å². The number of hydrogen-bond donors (Lipinski definition) is 1. The summed E-state index contributed by atoms with van der Waals surface area (Å²) in [4.78, 5) is 14.8. The van der Waals surface area contributed by atoms with Gasteiger partial charge >= 0.3 is 0 Å². The number of amides is 1. The summed E-state index contributed by atoms with van der Waals surface area (Å²) < 4.78 is 1.01. The summed E-state index contributed by atoms with van der Waals surface area (Å²) in [5.74, 6) is 0.682. The van der Waals surface area contributed by atoms with Gasteiger partial charge < -0.3 is 10.2 Å². The van der Waals surface area contributed by atoms with Gasteiger partial charge in [0.2, 0.25) is 0 Å². The molecule has 0 radical (unpaired) electrons. The Morgan fingerprint density at radius 1 is 1.18 bits per heavy atom. The monoisotopic (exact) mass is 478 g/mol. The van der Waals surface area contributed by atoms with Gasteiger partial charge in [-0.05, 0) is 37.1 Å². The third kappa shape index (κ3) is 3.95. The first-order chi connectivity index (χ1) is 13.5. The van der Waals surface area contributed by atoms with Crippen LogP contribution in [0.1, 0.15) is 23.2 Å². The Bertz CT molecular complexity index is 1040. The molecule has 8 heteroatoms. The summed E-state index contributed by atoms with van der Waals surface area (Å²) in [5.41, 5.74) is 0.404. The van der Waals surface area contributed by atoms with Crippen LogP contribution < -0.4 is 10.2 Å². The van der Waals surface area contributed by atoms with Crippen LogP contribution in [0.15, 0.2) is 47.1 Å². The molecule has 28 heavy (non-hydrogen) atoms. The van der Waals surface area contributed by atoms with E-state index in [1.807, 2.05) is 12.1 Å². The van der Waals surface area contributed by atoms with Crippen molar-refractivity contribution in [1.82, 2.24) is 15.5 Å². The number of halogens is 3. The van der Waals surface area contributed by atoms with Crippen molar-refractivity contribution in [3.05, 3.63) is 62.7 Å². The van der Waals surface area contributed by atoms with Gasteiger partial charge in [-0.1, -0.05) is 51.3 Å². The smallest absolute Gasteiger partial charge is 0.253 e. The number of aromatic nitrogens is 2. The molecule has 1 aliphatic rings. The summed E-state index contributed by atoms with van der Waals surface area (Å²) in [5, 5.41) is 14.4. The van der Waals surface area contributed by atoms with Gasteiger partial charge in [0.1, 0.15) is 0 Å². The van der Waals surface area contributed by atoms with Crippen molar-refractivity contribution in [2.24, 2.45) is 0 Å². The van der Waals surface area contributed by atoms with Crippen molar-refractivity contribution in [3.8, 4) is 0 Å². The van der Waals surface area contributed by atoms with Crippen molar-refractivity contribution >= 4 is 61.6 Å². The van der Waals surface area contributed by atoms with Crippen molar-refractivity contribution in [1.29, 1.82) is 0 Å². The zero-order valence-corrected chi connectivity index (χ0v) is 17.9. The van der Waals surface area contributed by atoms with Crippen LogP contribution in [0.25, 0.3) is 10.8 Å². The summed E-state index contributed by atoms with van der Waals surface area (Å²) >= 11 is 15.7. The zero-order valence-electron chi connectivity index (χ0n) is 14.8. The molecule has 3 aromatic rings. The van der Waals surface area contributed by atoms with E-state index in [4.69, 9.17) is 23.2 Å². The molecule has 5 nitrogen and oxygen atoms in total. The lowest BCUT2D eigenvalue weighted by molar-refractivity contribution is 0.0931. The highest BCUT2D eigenvalue weighted by Crippen LogP contribution is 2.29. The van der Waals surface area contributed by atoms with E-state index in [9.17, 15) is 4.79 Å². The maximum Gasteiger partial charge on any atom is 0.253 e. The molecule has 1 amide bonds. The molecule has 2 heterocycles. The highest BCUT2D eigenvalue weighted by Gasteiger charge is 2.24. The van der Waals surface area contributed by atoms with Crippen LogP contribution in [0, 0.1) is 0 Å². The quantitative estimate of drug-likeness (QED) is 0.567. The number of benzene rings is 2. The zero-order chi connectivity index (χ0) is 19.7. The number of rotatable bonds is 3. The second kappa shape index (κ2) is 8.23. The van der Waals surface area contributed by atoms with E-state index < -0.39 is 0 Å². The number of piperidine rings is 1. The molecule has 0 unspecified atom stereocenters. The number of carbonyl (C=O) groups excluding carboxylic acids is 1. The van der Waals surface area contributed by atoms with Crippen LogP contribution >= 0.6 is 39.1 Å². The lowest BCUT2D eigenvalue weighted by Crippen LogP contribution is -2.45. The SMILES string of the molecule is O=C(NC1CCN(c2nncc3ccc(Br)cc23)CC1)c1cccc(Cl)c1Cl. The molecule has 1 aliphatic heterocycles. The Balaban J connectivity index is 1.45. The van der Waals surface area contributed by atoms with Gasteiger partial charge in [-0.3, -0.25) is 4.79 Å². The van der Waals surface area contributed by atoms with Gasteiger partial charge in [0.05, 0.1) is 21.8 Å². The van der Waals surface area contributed by atoms with Crippen LogP contribution in [-0.4, -0.2) is 35.2 Å². The van der Waals surface area contributed by atoms with Gasteiger partial charge in [0.15, 0.2) is 5.82 Å². The minimum atomic E-state index is -0.195.